The normalized spacial score (nSPS) is 10.7. The van der Waals surface area contributed by atoms with E-state index in [0.717, 1.165) is 0 Å². The molecule has 188 valence electrons. The number of carbonyl (C=O) groups excluding carboxylic acids is 3. The van der Waals surface area contributed by atoms with E-state index in [9.17, 15) is 14.4 Å². The van der Waals surface area contributed by atoms with E-state index < -0.39 is 24.0 Å². The van der Waals surface area contributed by atoms with Gasteiger partial charge in [0.15, 0.2) is 5.69 Å². The van der Waals surface area contributed by atoms with Crippen LogP contribution in [0, 0.1) is 0 Å². The minimum absolute atomic E-state index is 0.0254. The molecule has 4 rings (SSSR count). The van der Waals surface area contributed by atoms with Crippen molar-refractivity contribution in [2.24, 2.45) is 0 Å². The molecule has 2 amide bonds. The topological polar surface area (TPSA) is 110 Å². The van der Waals surface area contributed by atoms with Crippen LogP contribution in [-0.4, -0.2) is 34.7 Å². The molecule has 2 N–H and O–H groups in total. The Morgan fingerprint density at radius 3 is 2.30 bits per heavy atom. The highest BCUT2D eigenvalue weighted by atomic mass is 35.5. The Labute approximate surface area is 230 Å². The van der Waals surface area contributed by atoms with Crippen molar-refractivity contribution in [3.8, 4) is 5.75 Å². The molecule has 12 heteroatoms. The van der Waals surface area contributed by atoms with Gasteiger partial charge in [0.1, 0.15) is 5.75 Å². The van der Waals surface area contributed by atoms with Crippen molar-refractivity contribution in [1.29, 1.82) is 0 Å². The molecule has 1 aromatic heterocycles. The van der Waals surface area contributed by atoms with Gasteiger partial charge in [0.2, 0.25) is 5.78 Å². The van der Waals surface area contributed by atoms with Crippen molar-refractivity contribution in [2.45, 2.75) is 6.42 Å². The summed E-state index contributed by atoms with van der Waals surface area (Å²) in [6.07, 6.45) is -0.533. The van der Waals surface area contributed by atoms with Gasteiger partial charge < -0.3 is 15.4 Å². The van der Waals surface area contributed by atoms with Gasteiger partial charge in [-0.1, -0.05) is 58.5 Å². The highest BCUT2D eigenvalue weighted by Crippen LogP contribution is 2.32. The number of rotatable bonds is 7. The van der Waals surface area contributed by atoms with Gasteiger partial charge in [0.05, 0.1) is 56.7 Å². The minimum Gasteiger partial charge on any atom is -0.495 e. The van der Waals surface area contributed by atoms with Crippen LogP contribution in [0.15, 0.2) is 54.6 Å². The third-order valence-electron chi connectivity index (χ3n) is 5.11. The number of fused-ring (bicyclic) bond motifs is 1. The van der Waals surface area contributed by atoms with Crippen molar-refractivity contribution in [3.63, 3.8) is 0 Å². The molecular formula is C25H16Cl4N4O4. The molecule has 1 heterocycles. The SMILES string of the molecule is COc1ccccc1NC(=O)c1nc2ccc(Cl)cc2nc1CC(=O)C(=O)Nc1cc(Cl)c(Cl)cc1Cl. The van der Waals surface area contributed by atoms with Crippen LogP contribution in [0.4, 0.5) is 11.4 Å². The number of para-hydroxylation sites is 2. The fourth-order valence-corrected chi connectivity index (χ4v) is 4.10. The average molecular weight is 578 g/mol. The first-order valence-electron chi connectivity index (χ1n) is 10.6. The Morgan fingerprint density at radius 1 is 0.811 bits per heavy atom. The first-order valence-corrected chi connectivity index (χ1v) is 12.1. The van der Waals surface area contributed by atoms with E-state index in [1.807, 2.05) is 0 Å². The summed E-state index contributed by atoms with van der Waals surface area (Å²) in [5.41, 5.74) is 1.03. The molecule has 0 radical (unpaired) electrons. The largest absolute Gasteiger partial charge is 0.495 e. The number of hydrogen-bond donors (Lipinski definition) is 2. The number of anilines is 2. The van der Waals surface area contributed by atoms with Crippen molar-refractivity contribution in [2.75, 3.05) is 17.7 Å². The van der Waals surface area contributed by atoms with E-state index >= 15 is 0 Å². The van der Waals surface area contributed by atoms with Gasteiger partial charge in [0, 0.05) is 5.02 Å². The van der Waals surface area contributed by atoms with Gasteiger partial charge >= 0.3 is 0 Å². The number of amides is 2. The average Bonchev–Trinajstić information content (AvgIpc) is 2.87. The second-order valence-electron chi connectivity index (χ2n) is 7.61. The number of carbonyl (C=O) groups is 3. The summed E-state index contributed by atoms with van der Waals surface area (Å²) in [7, 11) is 1.47. The first-order chi connectivity index (χ1) is 17.7. The number of nitrogens with one attached hydrogen (secondary N) is 2. The van der Waals surface area contributed by atoms with E-state index in [1.54, 1.807) is 36.4 Å². The molecule has 0 saturated carbocycles. The third kappa shape index (κ3) is 6.11. The summed E-state index contributed by atoms with van der Waals surface area (Å²) in [6, 6.07) is 14.2. The van der Waals surface area contributed by atoms with Gasteiger partial charge in [-0.15, -0.1) is 0 Å². The number of nitrogens with zero attached hydrogens (tertiary/aromatic N) is 2. The number of halogens is 4. The highest BCUT2D eigenvalue weighted by Gasteiger charge is 2.24. The summed E-state index contributed by atoms with van der Waals surface area (Å²) in [6.45, 7) is 0. The smallest absolute Gasteiger partial charge is 0.292 e. The Kier molecular flexibility index (Phi) is 8.14. The molecule has 0 aliphatic rings. The Hall–Kier alpha value is -3.43. The lowest BCUT2D eigenvalue weighted by Crippen LogP contribution is -2.27. The summed E-state index contributed by atoms with van der Waals surface area (Å²) >= 11 is 24.1. The van der Waals surface area contributed by atoms with E-state index in [0.29, 0.717) is 27.5 Å². The maximum Gasteiger partial charge on any atom is 0.292 e. The summed E-state index contributed by atoms with van der Waals surface area (Å²) in [4.78, 5) is 47.5. The second-order valence-corrected chi connectivity index (χ2v) is 9.26. The fourth-order valence-electron chi connectivity index (χ4n) is 3.34. The first kappa shape index (κ1) is 26.6. The van der Waals surface area contributed by atoms with E-state index in [-0.39, 0.29) is 32.1 Å². The van der Waals surface area contributed by atoms with Crippen LogP contribution in [0.25, 0.3) is 11.0 Å². The maximum absolute atomic E-state index is 13.2. The number of hydrogen-bond acceptors (Lipinski definition) is 6. The maximum atomic E-state index is 13.2. The van der Waals surface area contributed by atoms with Gasteiger partial charge in [-0.05, 0) is 42.5 Å². The Morgan fingerprint density at radius 2 is 1.54 bits per heavy atom. The zero-order valence-electron chi connectivity index (χ0n) is 18.9. The molecule has 0 fully saturated rings. The lowest BCUT2D eigenvalue weighted by molar-refractivity contribution is -0.134. The van der Waals surface area contributed by atoms with Gasteiger partial charge in [-0.3, -0.25) is 14.4 Å². The quantitative estimate of drug-likeness (QED) is 0.198. The van der Waals surface area contributed by atoms with Crippen LogP contribution < -0.4 is 15.4 Å². The number of aromatic nitrogens is 2. The zero-order chi connectivity index (χ0) is 26.7. The Balaban J connectivity index is 1.66. The van der Waals surface area contributed by atoms with Crippen molar-refractivity contribution < 1.29 is 19.1 Å². The molecule has 4 aromatic rings. The molecule has 0 atom stereocenters. The van der Waals surface area contributed by atoms with Crippen molar-refractivity contribution in [3.05, 3.63) is 86.1 Å². The van der Waals surface area contributed by atoms with Gasteiger partial charge in [0.25, 0.3) is 11.8 Å². The number of Topliss-reactive ketones (excluding diaryl/α,β-unsaturated/α-hetero) is 1. The fraction of sp³-hybridized carbons (Fsp3) is 0.0800. The number of ether oxygens (including phenoxy) is 1. The number of methoxy groups -OCH3 is 1. The van der Waals surface area contributed by atoms with E-state index in [1.165, 1.54) is 25.3 Å². The van der Waals surface area contributed by atoms with Crippen LogP contribution in [-0.2, 0) is 16.0 Å². The highest BCUT2D eigenvalue weighted by molar-refractivity contribution is 6.45. The predicted molar refractivity (Wildman–Crippen MR) is 144 cm³/mol. The molecule has 8 nitrogen and oxygen atoms in total. The van der Waals surface area contributed by atoms with Crippen LogP contribution in [0.2, 0.25) is 20.1 Å². The van der Waals surface area contributed by atoms with Crippen molar-refractivity contribution in [1.82, 2.24) is 9.97 Å². The molecule has 3 aromatic carbocycles. The van der Waals surface area contributed by atoms with Crippen LogP contribution >= 0.6 is 46.4 Å². The molecular weight excluding hydrogens is 562 g/mol. The molecule has 0 spiro atoms. The molecule has 0 saturated heterocycles. The van der Waals surface area contributed by atoms with E-state index in [4.69, 9.17) is 51.1 Å². The van der Waals surface area contributed by atoms with Gasteiger partial charge in [-0.2, -0.15) is 0 Å². The standard InChI is InChI=1S/C25H16Cl4N4O4/c1-37-22-5-3-2-4-17(22)32-25(36)23-20(30-19-8-12(26)6-7-16(19)31-23)11-21(34)24(35)33-18-10-14(28)13(27)9-15(18)29/h2-10H,11H2,1H3,(H,32,36)(H,33,35). The third-order valence-corrected chi connectivity index (χ3v) is 6.38. The van der Waals surface area contributed by atoms with Crippen LogP contribution in [0.3, 0.4) is 0 Å². The minimum atomic E-state index is -0.996. The zero-order valence-corrected chi connectivity index (χ0v) is 22.0. The molecule has 0 aliphatic heterocycles. The summed E-state index contributed by atoms with van der Waals surface area (Å²) in [5, 5.41) is 5.91. The lowest BCUT2D eigenvalue weighted by atomic mass is 10.1. The number of ketones is 1. The van der Waals surface area contributed by atoms with Crippen molar-refractivity contribution >= 4 is 86.4 Å². The monoisotopic (exact) mass is 576 g/mol. The predicted octanol–water partition coefficient (Wildman–Crippen LogP) is 6.25. The van der Waals surface area contributed by atoms with Gasteiger partial charge in [-0.25, -0.2) is 9.97 Å². The molecule has 0 unspecified atom stereocenters. The van der Waals surface area contributed by atoms with E-state index in [2.05, 4.69) is 20.6 Å². The summed E-state index contributed by atoms with van der Waals surface area (Å²) in [5.74, 6) is -2.12. The molecule has 0 aliphatic carbocycles. The second kappa shape index (κ2) is 11.3. The lowest BCUT2D eigenvalue weighted by Gasteiger charge is -2.13. The summed E-state index contributed by atoms with van der Waals surface area (Å²) < 4.78 is 5.27. The molecule has 37 heavy (non-hydrogen) atoms. The molecule has 0 bridgehead atoms. The Bertz CT molecular complexity index is 1560. The number of benzene rings is 3. The van der Waals surface area contributed by atoms with Crippen LogP contribution in [0.5, 0.6) is 5.75 Å². The van der Waals surface area contributed by atoms with Crippen LogP contribution in [0.1, 0.15) is 16.2 Å².